The molecule has 27 heavy (non-hydrogen) atoms. The number of halogens is 1. The number of nitrogens with zero attached hydrogens (tertiary/aromatic N) is 4. The summed E-state index contributed by atoms with van der Waals surface area (Å²) < 4.78 is 13.3. The first-order valence-corrected chi connectivity index (χ1v) is 9.01. The average Bonchev–Trinajstić information content (AvgIpc) is 2.67. The third-order valence-electron chi connectivity index (χ3n) is 4.93. The van der Waals surface area contributed by atoms with Crippen LogP contribution >= 0.6 is 0 Å². The lowest BCUT2D eigenvalue weighted by molar-refractivity contribution is 0.612. The van der Waals surface area contributed by atoms with Crippen molar-refractivity contribution in [3.05, 3.63) is 72.8 Å². The highest BCUT2D eigenvalue weighted by Crippen LogP contribution is 2.33. The maximum Gasteiger partial charge on any atom is 0.163 e. The molecule has 1 aliphatic heterocycles. The van der Waals surface area contributed by atoms with Gasteiger partial charge >= 0.3 is 0 Å². The maximum absolute atomic E-state index is 13.3. The number of anilines is 1. The van der Waals surface area contributed by atoms with Crippen LogP contribution in [0.25, 0.3) is 33.4 Å². The number of hydrogen-bond donors (Lipinski definition) is 0. The van der Waals surface area contributed by atoms with Crippen molar-refractivity contribution in [1.29, 1.82) is 0 Å². The van der Waals surface area contributed by atoms with E-state index in [-0.39, 0.29) is 5.82 Å². The number of hydrogen-bond acceptors (Lipinski definition) is 4. The first-order valence-electron chi connectivity index (χ1n) is 9.01. The van der Waals surface area contributed by atoms with Crippen LogP contribution in [0.1, 0.15) is 6.42 Å². The van der Waals surface area contributed by atoms with Crippen molar-refractivity contribution in [2.24, 2.45) is 0 Å². The molecule has 1 saturated heterocycles. The van der Waals surface area contributed by atoms with Crippen molar-refractivity contribution < 1.29 is 4.39 Å². The molecule has 2 aromatic heterocycles. The van der Waals surface area contributed by atoms with E-state index >= 15 is 0 Å². The second-order valence-corrected chi connectivity index (χ2v) is 6.69. The molecule has 0 spiro atoms. The molecule has 2 aromatic carbocycles. The van der Waals surface area contributed by atoms with Crippen LogP contribution in [0.3, 0.4) is 0 Å². The highest BCUT2D eigenvalue weighted by Gasteiger charge is 2.21. The van der Waals surface area contributed by atoms with Crippen molar-refractivity contribution in [1.82, 2.24) is 15.0 Å². The van der Waals surface area contributed by atoms with Gasteiger partial charge in [0, 0.05) is 36.4 Å². The summed E-state index contributed by atoms with van der Waals surface area (Å²) in [5.74, 6) is 1.41. The van der Waals surface area contributed by atoms with Gasteiger partial charge in [0.15, 0.2) is 5.82 Å². The van der Waals surface area contributed by atoms with Crippen LogP contribution < -0.4 is 4.90 Å². The smallest absolute Gasteiger partial charge is 0.163 e. The predicted molar refractivity (Wildman–Crippen MR) is 105 cm³/mol. The molecule has 0 aliphatic carbocycles. The molecule has 5 heteroatoms. The Morgan fingerprint density at radius 2 is 1.67 bits per heavy atom. The van der Waals surface area contributed by atoms with Crippen molar-refractivity contribution in [2.75, 3.05) is 18.0 Å². The SMILES string of the molecule is Fc1ccc(-c2ccc3nc(-c4cccnc4)nc(N4CCC4)c3c2)cc1. The zero-order valence-corrected chi connectivity index (χ0v) is 14.6. The second-order valence-electron chi connectivity index (χ2n) is 6.69. The number of benzene rings is 2. The Hall–Kier alpha value is -3.34. The molecule has 0 atom stereocenters. The molecule has 4 aromatic rings. The molecule has 1 fully saturated rings. The fourth-order valence-corrected chi connectivity index (χ4v) is 3.33. The van der Waals surface area contributed by atoms with E-state index in [0.29, 0.717) is 5.82 Å². The van der Waals surface area contributed by atoms with Crippen LogP contribution in [0.2, 0.25) is 0 Å². The van der Waals surface area contributed by atoms with Crippen molar-refractivity contribution in [2.45, 2.75) is 6.42 Å². The summed E-state index contributed by atoms with van der Waals surface area (Å²) in [6.07, 6.45) is 4.70. The van der Waals surface area contributed by atoms with E-state index in [9.17, 15) is 4.39 Å². The van der Waals surface area contributed by atoms with Gasteiger partial charge in [-0.05, 0) is 53.9 Å². The van der Waals surface area contributed by atoms with Gasteiger partial charge in [-0.1, -0.05) is 18.2 Å². The third-order valence-corrected chi connectivity index (χ3v) is 4.93. The molecule has 5 rings (SSSR count). The van der Waals surface area contributed by atoms with Gasteiger partial charge in [0.05, 0.1) is 5.52 Å². The van der Waals surface area contributed by atoms with Crippen molar-refractivity contribution in [3.63, 3.8) is 0 Å². The van der Waals surface area contributed by atoms with Crippen molar-refractivity contribution >= 4 is 16.7 Å². The van der Waals surface area contributed by atoms with Crippen LogP contribution in [0, 0.1) is 5.82 Å². The van der Waals surface area contributed by atoms with Gasteiger partial charge in [-0.15, -0.1) is 0 Å². The molecular formula is C22H17FN4. The second kappa shape index (κ2) is 6.43. The minimum absolute atomic E-state index is 0.231. The van der Waals surface area contributed by atoms with Crippen molar-refractivity contribution in [3.8, 4) is 22.5 Å². The van der Waals surface area contributed by atoms with E-state index in [1.165, 1.54) is 18.6 Å². The van der Waals surface area contributed by atoms with E-state index in [1.54, 1.807) is 24.5 Å². The van der Waals surface area contributed by atoms with E-state index in [1.807, 2.05) is 24.3 Å². The van der Waals surface area contributed by atoms with E-state index in [4.69, 9.17) is 9.97 Å². The van der Waals surface area contributed by atoms with Gasteiger partial charge < -0.3 is 4.90 Å². The molecular weight excluding hydrogens is 339 g/mol. The normalized spacial score (nSPS) is 13.6. The Bertz CT molecular complexity index is 1110. The van der Waals surface area contributed by atoms with E-state index in [0.717, 1.165) is 46.5 Å². The Kier molecular flexibility index (Phi) is 3.78. The van der Waals surface area contributed by atoms with Gasteiger partial charge in [0.25, 0.3) is 0 Å². The monoisotopic (exact) mass is 356 g/mol. The summed E-state index contributed by atoms with van der Waals surface area (Å²) >= 11 is 0. The quantitative estimate of drug-likeness (QED) is 0.533. The van der Waals surface area contributed by atoms with Crippen LogP contribution in [-0.4, -0.2) is 28.0 Å². The first-order chi connectivity index (χ1) is 13.3. The lowest BCUT2D eigenvalue weighted by atomic mass is 10.0. The summed E-state index contributed by atoms with van der Waals surface area (Å²) in [6.45, 7) is 2.00. The minimum atomic E-state index is -0.231. The van der Waals surface area contributed by atoms with Crippen LogP contribution in [0.5, 0.6) is 0 Å². The molecule has 0 unspecified atom stereocenters. The largest absolute Gasteiger partial charge is 0.356 e. The van der Waals surface area contributed by atoms with Gasteiger partial charge in [-0.2, -0.15) is 0 Å². The van der Waals surface area contributed by atoms with Crippen LogP contribution in [-0.2, 0) is 0 Å². The number of rotatable bonds is 3. The topological polar surface area (TPSA) is 41.9 Å². The molecule has 0 amide bonds. The summed E-state index contributed by atoms with van der Waals surface area (Å²) in [6, 6.07) is 16.6. The standard InChI is InChI=1S/C22H17FN4/c23-18-7-4-15(5-8-18)16-6-9-20-19(13-16)22(27-11-2-12-27)26-21(25-20)17-3-1-10-24-14-17/h1,3-10,13-14H,2,11-12H2. The Balaban J connectivity index is 1.68. The number of fused-ring (bicyclic) bond motifs is 1. The van der Waals surface area contributed by atoms with E-state index < -0.39 is 0 Å². The van der Waals surface area contributed by atoms with Gasteiger partial charge in [0.2, 0.25) is 0 Å². The number of pyridine rings is 1. The number of aromatic nitrogens is 3. The third kappa shape index (κ3) is 2.91. The summed E-state index contributed by atoms with van der Waals surface area (Å²) in [7, 11) is 0. The van der Waals surface area contributed by atoms with E-state index in [2.05, 4.69) is 16.0 Å². The summed E-state index contributed by atoms with van der Waals surface area (Å²) in [5, 5.41) is 1.02. The fourth-order valence-electron chi connectivity index (χ4n) is 3.33. The average molecular weight is 356 g/mol. The lowest BCUT2D eigenvalue weighted by Crippen LogP contribution is -2.37. The summed E-state index contributed by atoms with van der Waals surface area (Å²) in [5.41, 5.74) is 3.81. The molecule has 0 bridgehead atoms. The zero-order chi connectivity index (χ0) is 18.2. The molecule has 0 saturated carbocycles. The maximum atomic E-state index is 13.3. The van der Waals surface area contributed by atoms with Gasteiger partial charge in [-0.25, -0.2) is 14.4 Å². The fraction of sp³-hybridized carbons (Fsp3) is 0.136. The van der Waals surface area contributed by atoms with Gasteiger partial charge in [-0.3, -0.25) is 4.98 Å². The Morgan fingerprint density at radius 3 is 2.37 bits per heavy atom. The van der Waals surface area contributed by atoms with Gasteiger partial charge in [0.1, 0.15) is 11.6 Å². The molecule has 0 radical (unpaired) electrons. The van der Waals surface area contributed by atoms with Crippen LogP contribution in [0.4, 0.5) is 10.2 Å². The Labute approximate surface area is 156 Å². The predicted octanol–water partition coefficient (Wildman–Crippen LogP) is 4.71. The zero-order valence-electron chi connectivity index (χ0n) is 14.6. The lowest BCUT2D eigenvalue weighted by Gasteiger charge is -2.33. The molecule has 4 nitrogen and oxygen atoms in total. The molecule has 132 valence electrons. The summed E-state index contributed by atoms with van der Waals surface area (Å²) in [4.78, 5) is 16.1. The Morgan fingerprint density at radius 1 is 0.852 bits per heavy atom. The highest BCUT2D eigenvalue weighted by molar-refractivity contribution is 5.94. The molecule has 0 N–H and O–H groups in total. The minimum Gasteiger partial charge on any atom is -0.356 e. The molecule has 1 aliphatic rings. The highest BCUT2D eigenvalue weighted by atomic mass is 19.1. The first kappa shape index (κ1) is 15.9. The van der Waals surface area contributed by atoms with Crippen LogP contribution in [0.15, 0.2) is 67.0 Å². The molecule has 3 heterocycles.